The number of carbonyl (C=O) groups excluding carboxylic acids is 1. The third kappa shape index (κ3) is 4.22. The van der Waals surface area contributed by atoms with Gasteiger partial charge in [-0.15, -0.1) is 0 Å². The van der Waals surface area contributed by atoms with E-state index in [1.807, 2.05) is 5.48 Å². The predicted molar refractivity (Wildman–Crippen MR) is 74.0 cm³/mol. The number of carbonyl (C=O) groups is 1. The van der Waals surface area contributed by atoms with Gasteiger partial charge in [0.05, 0.1) is 18.5 Å². The Balaban J connectivity index is 1.86. The van der Waals surface area contributed by atoms with Crippen molar-refractivity contribution in [2.75, 3.05) is 20.3 Å². The zero-order valence-electron chi connectivity index (χ0n) is 11.2. The highest BCUT2D eigenvalue weighted by molar-refractivity contribution is 6.31. The molecule has 3 N–H and O–H groups in total. The number of nitrogens with zero attached hydrogens (tertiary/aromatic N) is 1. The van der Waals surface area contributed by atoms with Crippen LogP contribution in [0.1, 0.15) is 0 Å². The molecule has 0 aliphatic carbocycles. The maximum absolute atomic E-state index is 11.0. The summed E-state index contributed by atoms with van der Waals surface area (Å²) in [5.74, 6) is 0.282. The highest BCUT2D eigenvalue weighted by Gasteiger charge is 2.13. The molecule has 1 atom stereocenters. The van der Waals surface area contributed by atoms with Crippen LogP contribution >= 0.6 is 11.6 Å². The number of hydrogen-bond acceptors (Lipinski definition) is 7. The van der Waals surface area contributed by atoms with Crippen LogP contribution in [0, 0.1) is 0 Å². The Bertz CT molecular complexity index is 618. The lowest BCUT2D eigenvalue weighted by Gasteiger charge is -2.12. The second-order valence-electron chi connectivity index (χ2n) is 4.10. The molecule has 1 aromatic carbocycles. The highest BCUT2D eigenvalue weighted by Crippen LogP contribution is 2.27. The van der Waals surface area contributed by atoms with Gasteiger partial charge in [-0.05, 0) is 23.4 Å². The van der Waals surface area contributed by atoms with E-state index < -0.39 is 12.1 Å². The van der Waals surface area contributed by atoms with E-state index >= 15 is 0 Å². The van der Waals surface area contributed by atoms with Crippen molar-refractivity contribution in [3.8, 4) is 5.88 Å². The standard InChI is InChI=1S/C12H14ClN3O5/c1-18-16-12(17)20-6-8(14)5-19-11-9-4-7(13)2-3-10(9)21-15-11/h2-4,8H,5-6,14H2,1H3,(H,16,17). The van der Waals surface area contributed by atoms with Crippen LogP contribution in [-0.4, -0.2) is 37.6 Å². The molecule has 0 spiro atoms. The summed E-state index contributed by atoms with van der Waals surface area (Å²) < 4.78 is 15.3. The average Bonchev–Trinajstić information content (AvgIpc) is 2.85. The third-order valence-electron chi connectivity index (χ3n) is 2.45. The van der Waals surface area contributed by atoms with E-state index in [4.69, 9.17) is 31.3 Å². The Kier molecular flexibility index (Phi) is 5.20. The molecule has 0 saturated heterocycles. The molecule has 8 nitrogen and oxygen atoms in total. The molecule has 1 heterocycles. The maximum atomic E-state index is 11.0. The van der Waals surface area contributed by atoms with Crippen molar-refractivity contribution < 1.29 is 23.6 Å². The molecule has 9 heteroatoms. The van der Waals surface area contributed by atoms with Gasteiger partial charge in [0, 0.05) is 5.02 Å². The lowest BCUT2D eigenvalue weighted by Crippen LogP contribution is -2.36. The van der Waals surface area contributed by atoms with Gasteiger partial charge >= 0.3 is 6.09 Å². The predicted octanol–water partition coefficient (Wildman–Crippen LogP) is 1.47. The van der Waals surface area contributed by atoms with Gasteiger partial charge in [0.2, 0.25) is 0 Å². The van der Waals surface area contributed by atoms with Crippen LogP contribution in [-0.2, 0) is 9.57 Å². The lowest BCUT2D eigenvalue weighted by molar-refractivity contribution is 0.0531. The largest absolute Gasteiger partial charge is 0.473 e. The molecule has 1 amide bonds. The summed E-state index contributed by atoms with van der Waals surface area (Å²) in [5, 5.41) is 4.97. The van der Waals surface area contributed by atoms with Crippen molar-refractivity contribution in [3.05, 3.63) is 23.2 Å². The molecular formula is C12H14ClN3O5. The van der Waals surface area contributed by atoms with Crippen LogP contribution in [0.15, 0.2) is 22.7 Å². The van der Waals surface area contributed by atoms with Crippen molar-refractivity contribution in [1.29, 1.82) is 0 Å². The van der Waals surface area contributed by atoms with Crippen LogP contribution in [0.5, 0.6) is 5.88 Å². The van der Waals surface area contributed by atoms with E-state index in [9.17, 15) is 4.79 Å². The maximum Gasteiger partial charge on any atom is 0.431 e. The Morgan fingerprint density at radius 2 is 2.33 bits per heavy atom. The SMILES string of the molecule is CONC(=O)OCC(N)COc1noc2ccc(Cl)cc12. The van der Waals surface area contributed by atoms with Gasteiger partial charge in [0.15, 0.2) is 5.58 Å². The molecule has 2 rings (SSSR count). The smallest absolute Gasteiger partial charge is 0.431 e. The lowest BCUT2D eigenvalue weighted by atomic mass is 10.2. The number of halogens is 1. The van der Waals surface area contributed by atoms with Gasteiger partial charge in [-0.25, -0.2) is 4.79 Å². The Morgan fingerprint density at radius 3 is 3.10 bits per heavy atom. The summed E-state index contributed by atoms with van der Waals surface area (Å²) in [5.41, 5.74) is 8.31. The molecule has 0 radical (unpaired) electrons. The molecule has 0 fully saturated rings. The van der Waals surface area contributed by atoms with Gasteiger partial charge in [0.1, 0.15) is 13.2 Å². The normalized spacial score (nSPS) is 12.1. The van der Waals surface area contributed by atoms with E-state index in [0.717, 1.165) is 0 Å². The zero-order chi connectivity index (χ0) is 15.2. The van der Waals surface area contributed by atoms with Crippen molar-refractivity contribution in [2.45, 2.75) is 6.04 Å². The number of hydrogen-bond donors (Lipinski definition) is 2. The van der Waals surface area contributed by atoms with Crippen molar-refractivity contribution in [1.82, 2.24) is 10.6 Å². The fourth-order valence-corrected chi connectivity index (χ4v) is 1.69. The van der Waals surface area contributed by atoms with Crippen LogP contribution < -0.4 is 16.0 Å². The Labute approximate surface area is 125 Å². The number of amides is 1. The quantitative estimate of drug-likeness (QED) is 0.777. The molecule has 1 aromatic heterocycles. The number of fused-ring (bicyclic) bond motifs is 1. The molecule has 114 valence electrons. The van der Waals surface area contributed by atoms with Gasteiger partial charge in [-0.3, -0.25) is 4.84 Å². The first-order chi connectivity index (χ1) is 10.1. The number of nitrogens with two attached hydrogens (primary N) is 1. The van der Waals surface area contributed by atoms with E-state index in [2.05, 4.69) is 9.99 Å². The number of hydroxylamine groups is 1. The molecular weight excluding hydrogens is 302 g/mol. The molecule has 0 aliphatic rings. The summed E-state index contributed by atoms with van der Waals surface area (Å²) >= 11 is 5.90. The van der Waals surface area contributed by atoms with E-state index in [-0.39, 0.29) is 19.1 Å². The minimum absolute atomic E-state index is 0.0360. The van der Waals surface area contributed by atoms with Crippen molar-refractivity contribution in [3.63, 3.8) is 0 Å². The first kappa shape index (κ1) is 15.4. The molecule has 0 bridgehead atoms. The zero-order valence-corrected chi connectivity index (χ0v) is 11.9. The summed E-state index contributed by atoms with van der Waals surface area (Å²) in [6.45, 7) is 0.0557. The van der Waals surface area contributed by atoms with E-state index in [1.165, 1.54) is 7.11 Å². The van der Waals surface area contributed by atoms with E-state index in [0.29, 0.717) is 16.0 Å². The molecule has 0 saturated carbocycles. The number of rotatable bonds is 6. The fourth-order valence-electron chi connectivity index (χ4n) is 1.52. The first-order valence-corrected chi connectivity index (χ1v) is 6.37. The topological polar surface area (TPSA) is 109 Å². The molecule has 1 unspecified atom stereocenters. The summed E-state index contributed by atoms with van der Waals surface area (Å²) in [7, 11) is 1.30. The number of ether oxygens (including phenoxy) is 2. The van der Waals surface area contributed by atoms with Crippen LogP contribution in [0.4, 0.5) is 4.79 Å². The van der Waals surface area contributed by atoms with Crippen molar-refractivity contribution in [2.24, 2.45) is 5.73 Å². The second-order valence-corrected chi connectivity index (χ2v) is 4.54. The summed E-state index contributed by atoms with van der Waals surface area (Å²) in [6, 6.07) is 4.53. The van der Waals surface area contributed by atoms with Crippen molar-refractivity contribution >= 4 is 28.7 Å². The third-order valence-corrected chi connectivity index (χ3v) is 2.68. The van der Waals surface area contributed by atoms with Gasteiger partial charge in [0.25, 0.3) is 5.88 Å². The van der Waals surface area contributed by atoms with Crippen LogP contribution in [0.25, 0.3) is 11.0 Å². The Morgan fingerprint density at radius 1 is 1.52 bits per heavy atom. The molecule has 0 aliphatic heterocycles. The van der Waals surface area contributed by atoms with Gasteiger partial charge in [-0.1, -0.05) is 11.6 Å². The number of aromatic nitrogens is 1. The minimum atomic E-state index is -0.730. The fraction of sp³-hybridized carbons (Fsp3) is 0.333. The van der Waals surface area contributed by atoms with E-state index in [1.54, 1.807) is 18.2 Å². The minimum Gasteiger partial charge on any atom is -0.473 e. The van der Waals surface area contributed by atoms with Crippen LogP contribution in [0.3, 0.4) is 0 Å². The van der Waals surface area contributed by atoms with Gasteiger partial charge < -0.3 is 19.7 Å². The monoisotopic (exact) mass is 315 g/mol. The molecule has 2 aromatic rings. The summed E-state index contributed by atoms with van der Waals surface area (Å²) in [4.78, 5) is 15.4. The summed E-state index contributed by atoms with van der Waals surface area (Å²) in [6.07, 6.45) is -0.730. The van der Waals surface area contributed by atoms with Gasteiger partial charge in [-0.2, -0.15) is 5.48 Å². The highest BCUT2D eigenvalue weighted by atomic mass is 35.5. The number of nitrogens with one attached hydrogen (secondary N) is 1. The average molecular weight is 316 g/mol. The second kappa shape index (κ2) is 7.11. The first-order valence-electron chi connectivity index (χ1n) is 5.99. The number of benzene rings is 1. The molecule has 21 heavy (non-hydrogen) atoms. The Hall–Kier alpha value is -2.03. The van der Waals surface area contributed by atoms with Crippen LogP contribution in [0.2, 0.25) is 5.02 Å².